The molecule has 162 valence electrons. The van der Waals surface area contributed by atoms with Crippen molar-refractivity contribution in [2.75, 3.05) is 13.2 Å². The Morgan fingerprint density at radius 3 is 2.63 bits per heavy atom. The van der Waals surface area contributed by atoms with Crippen LogP contribution in [0.4, 0.5) is 0 Å². The molecule has 0 spiro atoms. The molecule has 0 radical (unpaired) electrons. The van der Waals surface area contributed by atoms with Crippen molar-refractivity contribution in [3.63, 3.8) is 0 Å². The molecule has 30 heavy (non-hydrogen) atoms. The molecule has 3 atom stereocenters. The summed E-state index contributed by atoms with van der Waals surface area (Å²) in [6, 6.07) is 7.16. The summed E-state index contributed by atoms with van der Waals surface area (Å²) < 4.78 is 6.21. The van der Waals surface area contributed by atoms with Gasteiger partial charge in [0, 0.05) is 17.4 Å². The van der Waals surface area contributed by atoms with Crippen LogP contribution in [-0.4, -0.2) is 41.9 Å². The molecule has 0 unspecified atom stereocenters. The Kier molecular flexibility index (Phi) is 8.08. The first kappa shape index (κ1) is 22.5. The van der Waals surface area contributed by atoms with Gasteiger partial charge < -0.3 is 15.0 Å². The molecule has 1 aromatic carbocycles. The Balaban J connectivity index is 1.85. The molecule has 1 fully saturated rings. The highest BCUT2D eigenvalue weighted by Crippen LogP contribution is 2.27. The first-order valence-electron chi connectivity index (χ1n) is 10.6. The first-order chi connectivity index (χ1) is 14.5. The maximum absolute atomic E-state index is 13.2. The van der Waals surface area contributed by atoms with Gasteiger partial charge in [0.25, 0.3) is 0 Å². The Morgan fingerprint density at radius 2 is 1.87 bits per heavy atom. The van der Waals surface area contributed by atoms with Crippen LogP contribution in [0.15, 0.2) is 40.9 Å². The van der Waals surface area contributed by atoms with E-state index < -0.39 is 6.04 Å². The monoisotopic (exact) mass is 476 g/mol. The van der Waals surface area contributed by atoms with E-state index in [0.717, 1.165) is 16.5 Å². The van der Waals surface area contributed by atoms with Gasteiger partial charge in [-0.3, -0.25) is 14.4 Å². The van der Waals surface area contributed by atoms with Crippen molar-refractivity contribution >= 4 is 33.7 Å². The minimum Gasteiger partial charge on any atom is -0.465 e. The molecule has 7 heteroatoms. The predicted molar refractivity (Wildman–Crippen MR) is 117 cm³/mol. The summed E-state index contributed by atoms with van der Waals surface area (Å²) in [6.45, 7) is 2.95. The summed E-state index contributed by atoms with van der Waals surface area (Å²) in [5.74, 6) is -0.429. The summed E-state index contributed by atoms with van der Waals surface area (Å²) in [6.07, 6.45) is 7.13. The van der Waals surface area contributed by atoms with Gasteiger partial charge in [-0.05, 0) is 49.3 Å². The Morgan fingerprint density at radius 1 is 1.10 bits per heavy atom. The van der Waals surface area contributed by atoms with Crippen molar-refractivity contribution in [2.24, 2.45) is 5.92 Å². The third-order valence-corrected chi connectivity index (χ3v) is 6.23. The Bertz CT molecular complexity index is 793. The molecule has 1 aromatic rings. The Hall–Kier alpha value is -2.15. The molecule has 6 nitrogen and oxygen atoms in total. The minimum atomic E-state index is -0.419. The second-order valence-corrected chi connectivity index (χ2v) is 8.87. The number of ether oxygens (including phenoxy) is 1. The number of nitrogens with zero attached hydrogens (tertiary/aromatic N) is 1. The van der Waals surface area contributed by atoms with Crippen LogP contribution < -0.4 is 5.32 Å². The number of fused-ring (bicyclic) bond motifs is 1. The van der Waals surface area contributed by atoms with E-state index in [4.69, 9.17) is 4.74 Å². The molecular weight excluding hydrogens is 448 g/mol. The van der Waals surface area contributed by atoms with Crippen LogP contribution in [0.5, 0.6) is 0 Å². The predicted octanol–water partition coefficient (Wildman–Crippen LogP) is 3.91. The van der Waals surface area contributed by atoms with Crippen LogP contribution in [0.25, 0.3) is 0 Å². The zero-order chi connectivity index (χ0) is 21.5. The number of amides is 2. The molecule has 2 amide bonds. The van der Waals surface area contributed by atoms with Gasteiger partial charge in [0.2, 0.25) is 11.8 Å². The van der Waals surface area contributed by atoms with Crippen molar-refractivity contribution in [3.05, 3.63) is 46.5 Å². The molecular formula is C23H29BrN2O4. The molecule has 0 aliphatic carbocycles. The van der Waals surface area contributed by atoms with Crippen LogP contribution in [0.2, 0.25) is 0 Å². The molecule has 2 aliphatic rings. The third kappa shape index (κ3) is 5.94. The lowest BCUT2D eigenvalue weighted by Crippen LogP contribution is -2.47. The molecule has 2 heterocycles. The van der Waals surface area contributed by atoms with E-state index in [9.17, 15) is 14.4 Å². The van der Waals surface area contributed by atoms with Gasteiger partial charge in [0.1, 0.15) is 6.04 Å². The van der Waals surface area contributed by atoms with Gasteiger partial charge in [-0.15, -0.1) is 0 Å². The number of hydrogen-bond acceptors (Lipinski definition) is 4. The second kappa shape index (κ2) is 10.8. The maximum Gasteiger partial charge on any atom is 0.309 e. The number of esters is 1. The van der Waals surface area contributed by atoms with E-state index in [0.29, 0.717) is 38.8 Å². The van der Waals surface area contributed by atoms with Crippen LogP contribution in [0, 0.1) is 5.92 Å². The van der Waals surface area contributed by atoms with Crippen molar-refractivity contribution in [1.82, 2.24) is 10.2 Å². The number of cyclic esters (lactones) is 1. The normalized spacial score (nSPS) is 27.9. The number of nitrogens with one attached hydrogen (secondary N) is 1. The summed E-state index contributed by atoms with van der Waals surface area (Å²) in [5.41, 5.74) is 0.975. The number of rotatable bonds is 1. The summed E-state index contributed by atoms with van der Waals surface area (Å²) in [5, 5.41) is 3.17. The van der Waals surface area contributed by atoms with Gasteiger partial charge >= 0.3 is 5.97 Å². The largest absolute Gasteiger partial charge is 0.465 e. The van der Waals surface area contributed by atoms with Gasteiger partial charge in [0.15, 0.2) is 0 Å². The zero-order valence-corrected chi connectivity index (χ0v) is 18.9. The van der Waals surface area contributed by atoms with Crippen LogP contribution in [0.3, 0.4) is 0 Å². The lowest BCUT2D eigenvalue weighted by molar-refractivity contribution is -0.142. The molecule has 0 bridgehead atoms. The van der Waals surface area contributed by atoms with Crippen LogP contribution >= 0.6 is 15.9 Å². The summed E-state index contributed by atoms with van der Waals surface area (Å²) >= 11 is 3.45. The number of carbonyl (C=O) groups is 3. The van der Waals surface area contributed by atoms with Gasteiger partial charge in [-0.25, -0.2) is 0 Å². The zero-order valence-electron chi connectivity index (χ0n) is 17.3. The SMILES string of the molecule is C[C@@H]1/C=C/CC(=O)OCCCCC(=O)N2CCC[C@H]2C(=O)N[C@@H]1c1ccc(Br)cc1. The molecule has 0 aromatic heterocycles. The molecule has 2 aliphatic heterocycles. The van der Waals surface area contributed by atoms with E-state index in [1.54, 1.807) is 4.90 Å². The Labute approximate surface area is 186 Å². The number of benzene rings is 1. The minimum absolute atomic E-state index is 0.000735. The lowest BCUT2D eigenvalue weighted by Gasteiger charge is -2.29. The first-order valence-corrected chi connectivity index (χ1v) is 11.4. The maximum atomic E-state index is 13.2. The fourth-order valence-electron chi connectivity index (χ4n) is 4.03. The molecule has 1 saturated heterocycles. The van der Waals surface area contributed by atoms with Crippen molar-refractivity contribution < 1.29 is 19.1 Å². The standard InChI is InChI=1S/C23H29BrN2O4/c1-16-6-4-9-21(28)30-15-3-2-8-20(27)26-14-5-7-19(26)23(29)25-22(16)17-10-12-18(24)13-11-17/h4,6,10-13,16,19,22H,2-3,5,7-9,14-15H2,1H3,(H,25,29)/b6-4+/t16-,19+,22+/m1/s1. The molecule has 1 N–H and O–H groups in total. The highest BCUT2D eigenvalue weighted by atomic mass is 79.9. The smallest absolute Gasteiger partial charge is 0.309 e. The van der Waals surface area contributed by atoms with E-state index in [1.807, 2.05) is 43.3 Å². The van der Waals surface area contributed by atoms with Crippen molar-refractivity contribution in [3.8, 4) is 0 Å². The third-order valence-electron chi connectivity index (χ3n) is 5.70. The quantitative estimate of drug-likeness (QED) is 0.492. The fraction of sp³-hybridized carbons (Fsp3) is 0.522. The van der Waals surface area contributed by atoms with Crippen molar-refractivity contribution in [2.45, 2.75) is 57.5 Å². The van der Waals surface area contributed by atoms with Crippen LogP contribution in [0.1, 0.15) is 57.1 Å². The fourth-order valence-corrected chi connectivity index (χ4v) is 4.30. The number of halogens is 1. The average Bonchev–Trinajstić information content (AvgIpc) is 3.21. The van der Waals surface area contributed by atoms with E-state index in [1.165, 1.54) is 0 Å². The van der Waals surface area contributed by atoms with Gasteiger partial charge in [-0.2, -0.15) is 0 Å². The average molecular weight is 477 g/mol. The van der Waals surface area contributed by atoms with E-state index in [-0.39, 0.29) is 36.2 Å². The van der Waals surface area contributed by atoms with E-state index >= 15 is 0 Å². The number of hydrogen-bond donors (Lipinski definition) is 1. The summed E-state index contributed by atoms with van der Waals surface area (Å²) in [7, 11) is 0. The van der Waals surface area contributed by atoms with Gasteiger partial charge in [0.05, 0.1) is 19.1 Å². The highest BCUT2D eigenvalue weighted by molar-refractivity contribution is 9.10. The topological polar surface area (TPSA) is 75.7 Å². The second-order valence-electron chi connectivity index (χ2n) is 7.95. The highest BCUT2D eigenvalue weighted by Gasteiger charge is 2.35. The lowest BCUT2D eigenvalue weighted by atomic mass is 9.93. The number of carbonyl (C=O) groups excluding carboxylic acids is 3. The molecule has 0 saturated carbocycles. The van der Waals surface area contributed by atoms with E-state index in [2.05, 4.69) is 21.2 Å². The summed E-state index contributed by atoms with van der Waals surface area (Å²) in [4.78, 5) is 39.5. The van der Waals surface area contributed by atoms with Crippen LogP contribution in [-0.2, 0) is 19.1 Å². The van der Waals surface area contributed by atoms with Gasteiger partial charge in [-0.1, -0.05) is 47.1 Å². The van der Waals surface area contributed by atoms with Crippen molar-refractivity contribution in [1.29, 1.82) is 0 Å². The molecule has 3 rings (SSSR count).